The summed E-state index contributed by atoms with van der Waals surface area (Å²) in [7, 11) is 1.82. The van der Waals surface area contributed by atoms with Crippen molar-refractivity contribution >= 4 is 33.3 Å². The minimum absolute atomic E-state index is 0.690. The number of aromatic amines is 1. The van der Waals surface area contributed by atoms with Crippen LogP contribution >= 0.6 is 27.5 Å². The lowest BCUT2D eigenvalue weighted by molar-refractivity contribution is 1.09. The third-order valence-corrected chi connectivity index (χ3v) is 2.86. The summed E-state index contributed by atoms with van der Waals surface area (Å²) < 4.78 is 0.963. The molecule has 2 N–H and O–H groups in total. The predicted octanol–water partition coefficient (Wildman–Crippen LogP) is 3.53. The first-order valence-electron chi connectivity index (χ1n) is 4.39. The van der Waals surface area contributed by atoms with Crippen LogP contribution in [0.5, 0.6) is 0 Å². The zero-order valence-corrected chi connectivity index (χ0v) is 10.4. The zero-order valence-electron chi connectivity index (χ0n) is 8.01. The van der Waals surface area contributed by atoms with E-state index in [2.05, 4.69) is 31.4 Å². The SMILES string of the molecule is CNc1cc(-c2ccc(Br)cc2Cl)[nH]n1. The highest BCUT2D eigenvalue weighted by Gasteiger charge is 2.06. The summed E-state index contributed by atoms with van der Waals surface area (Å²) in [5.41, 5.74) is 1.84. The van der Waals surface area contributed by atoms with E-state index in [1.54, 1.807) is 0 Å². The number of H-pyrrole nitrogens is 1. The second kappa shape index (κ2) is 4.24. The maximum atomic E-state index is 6.12. The molecular weight excluding hydrogens is 277 g/mol. The number of nitrogens with zero attached hydrogens (tertiary/aromatic N) is 1. The first-order valence-corrected chi connectivity index (χ1v) is 5.56. The summed E-state index contributed by atoms with van der Waals surface area (Å²) in [6, 6.07) is 7.66. The van der Waals surface area contributed by atoms with E-state index in [1.165, 1.54) is 0 Å². The quantitative estimate of drug-likeness (QED) is 0.886. The van der Waals surface area contributed by atoms with Gasteiger partial charge in [-0.2, -0.15) is 5.10 Å². The van der Waals surface area contributed by atoms with Gasteiger partial charge >= 0.3 is 0 Å². The lowest BCUT2D eigenvalue weighted by atomic mass is 10.1. The largest absolute Gasteiger partial charge is 0.372 e. The summed E-state index contributed by atoms with van der Waals surface area (Å²) in [5, 5.41) is 10.6. The van der Waals surface area contributed by atoms with Crippen LogP contribution < -0.4 is 5.32 Å². The average molecular weight is 287 g/mol. The van der Waals surface area contributed by atoms with Gasteiger partial charge in [0, 0.05) is 23.2 Å². The second-order valence-corrected chi connectivity index (χ2v) is 4.36. The lowest BCUT2D eigenvalue weighted by Gasteiger charge is -2.00. The molecule has 3 nitrogen and oxygen atoms in total. The number of rotatable bonds is 2. The Morgan fingerprint density at radius 2 is 2.20 bits per heavy atom. The Morgan fingerprint density at radius 3 is 2.80 bits per heavy atom. The highest BCUT2D eigenvalue weighted by molar-refractivity contribution is 9.10. The summed E-state index contributed by atoms with van der Waals surface area (Å²) in [4.78, 5) is 0. The molecule has 0 saturated carbocycles. The Hall–Kier alpha value is -1.00. The van der Waals surface area contributed by atoms with Gasteiger partial charge in [-0.15, -0.1) is 0 Å². The van der Waals surface area contributed by atoms with Crippen LogP contribution in [0.1, 0.15) is 0 Å². The molecule has 5 heteroatoms. The predicted molar refractivity (Wildman–Crippen MR) is 66.3 cm³/mol. The molecule has 0 spiro atoms. The van der Waals surface area contributed by atoms with Gasteiger partial charge in [0.05, 0.1) is 10.7 Å². The molecule has 0 aliphatic heterocycles. The molecule has 2 aromatic rings. The fourth-order valence-electron chi connectivity index (χ4n) is 1.30. The molecule has 1 aromatic heterocycles. The molecule has 1 heterocycles. The van der Waals surface area contributed by atoms with Crippen LogP contribution in [0.15, 0.2) is 28.7 Å². The van der Waals surface area contributed by atoms with Crippen molar-refractivity contribution in [1.29, 1.82) is 0 Å². The summed E-state index contributed by atoms with van der Waals surface area (Å²) in [6.07, 6.45) is 0. The van der Waals surface area contributed by atoms with Crippen molar-refractivity contribution in [2.45, 2.75) is 0 Å². The molecule has 0 unspecified atom stereocenters. The van der Waals surface area contributed by atoms with E-state index >= 15 is 0 Å². The van der Waals surface area contributed by atoms with Crippen LogP contribution in [0.25, 0.3) is 11.3 Å². The normalized spacial score (nSPS) is 10.3. The van der Waals surface area contributed by atoms with Crippen molar-refractivity contribution in [2.24, 2.45) is 0 Å². The molecule has 0 bridgehead atoms. The molecule has 15 heavy (non-hydrogen) atoms. The fourth-order valence-corrected chi connectivity index (χ4v) is 2.07. The number of hydrogen-bond donors (Lipinski definition) is 2. The minimum atomic E-state index is 0.690. The number of hydrogen-bond acceptors (Lipinski definition) is 2. The topological polar surface area (TPSA) is 40.7 Å². The molecule has 0 aliphatic rings. The molecule has 0 saturated heterocycles. The van der Waals surface area contributed by atoms with Gasteiger partial charge in [0.1, 0.15) is 5.82 Å². The van der Waals surface area contributed by atoms with Gasteiger partial charge in [0.15, 0.2) is 0 Å². The number of anilines is 1. The number of nitrogens with one attached hydrogen (secondary N) is 2. The Labute approximate surface area is 101 Å². The standard InChI is InChI=1S/C10H9BrClN3/c1-13-10-5-9(14-15-10)7-3-2-6(11)4-8(7)12/h2-5H,1H3,(H2,13,14,15). The summed E-state index contributed by atoms with van der Waals surface area (Å²) in [5.74, 6) is 0.795. The van der Waals surface area contributed by atoms with Gasteiger partial charge in [-0.25, -0.2) is 0 Å². The molecule has 0 fully saturated rings. The maximum Gasteiger partial charge on any atom is 0.148 e. The molecule has 2 rings (SSSR count). The molecule has 78 valence electrons. The molecule has 0 radical (unpaired) electrons. The van der Waals surface area contributed by atoms with Crippen LogP contribution in [-0.4, -0.2) is 17.2 Å². The van der Waals surface area contributed by atoms with E-state index in [0.29, 0.717) is 5.02 Å². The van der Waals surface area contributed by atoms with Gasteiger partial charge in [0.25, 0.3) is 0 Å². The Balaban J connectivity index is 2.44. The van der Waals surface area contributed by atoms with Gasteiger partial charge in [0.2, 0.25) is 0 Å². The minimum Gasteiger partial charge on any atom is -0.372 e. The van der Waals surface area contributed by atoms with E-state index in [9.17, 15) is 0 Å². The van der Waals surface area contributed by atoms with Crippen molar-refractivity contribution in [1.82, 2.24) is 10.2 Å². The smallest absolute Gasteiger partial charge is 0.148 e. The van der Waals surface area contributed by atoms with E-state index in [1.807, 2.05) is 31.3 Å². The van der Waals surface area contributed by atoms with Gasteiger partial charge < -0.3 is 5.32 Å². The second-order valence-electron chi connectivity index (χ2n) is 3.04. The van der Waals surface area contributed by atoms with E-state index in [-0.39, 0.29) is 0 Å². The van der Waals surface area contributed by atoms with E-state index in [4.69, 9.17) is 11.6 Å². The summed E-state index contributed by atoms with van der Waals surface area (Å²) >= 11 is 9.48. The number of aromatic nitrogens is 2. The van der Waals surface area contributed by atoms with E-state index in [0.717, 1.165) is 21.5 Å². The van der Waals surface area contributed by atoms with Crippen molar-refractivity contribution in [3.63, 3.8) is 0 Å². The molecule has 0 atom stereocenters. The first kappa shape index (κ1) is 10.5. The van der Waals surface area contributed by atoms with Crippen LogP contribution in [0.2, 0.25) is 5.02 Å². The third kappa shape index (κ3) is 2.16. The summed E-state index contributed by atoms with van der Waals surface area (Å²) in [6.45, 7) is 0. The van der Waals surface area contributed by atoms with Crippen LogP contribution in [0, 0.1) is 0 Å². The number of benzene rings is 1. The van der Waals surface area contributed by atoms with Gasteiger partial charge in [-0.3, -0.25) is 5.10 Å². The molecular formula is C10H9BrClN3. The highest BCUT2D eigenvalue weighted by atomic mass is 79.9. The van der Waals surface area contributed by atoms with E-state index < -0.39 is 0 Å². The van der Waals surface area contributed by atoms with Crippen LogP contribution in [-0.2, 0) is 0 Å². The monoisotopic (exact) mass is 285 g/mol. The average Bonchev–Trinajstić information content (AvgIpc) is 2.66. The van der Waals surface area contributed by atoms with Crippen molar-refractivity contribution in [3.8, 4) is 11.3 Å². The Morgan fingerprint density at radius 1 is 1.40 bits per heavy atom. The fraction of sp³-hybridized carbons (Fsp3) is 0.100. The Bertz CT molecular complexity index is 481. The molecule has 1 aromatic carbocycles. The van der Waals surface area contributed by atoms with Gasteiger partial charge in [-0.1, -0.05) is 33.6 Å². The van der Waals surface area contributed by atoms with Crippen LogP contribution in [0.3, 0.4) is 0 Å². The molecule has 0 aliphatic carbocycles. The molecule has 0 amide bonds. The van der Waals surface area contributed by atoms with Crippen LogP contribution in [0.4, 0.5) is 5.82 Å². The number of halogens is 2. The first-order chi connectivity index (χ1) is 7.20. The van der Waals surface area contributed by atoms with Crippen molar-refractivity contribution in [3.05, 3.63) is 33.8 Å². The van der Waals surface area contributed by atoms with Gasteiger partial charge in [-0.05, 0) is 12.1 Å². The third-order valence-electron chi connectivity index (χ3n) is 2.06. The van der Waals surface area contributed by atoms with Crippen molar-refractivity contribution in [2.75, 3.05) is 12.4 Å². The van der Waals surface area contributed by atoms with Crippen molar-refractivity contribution < 1.29 is 0 Å². The lowest BCUT2D eigenvalue weighted by Crippen LogP contribution is -1.85. The maximum absolute atomic E-state index is 6.12. The highest BCUT2D eigenvalue weighted by Crippen LogP contribution is 2.30. The zero-order chi connectivity index (χ0) is 10.8. The Kier molecular flexibility index (Phi) is 2.98.